The van der Waals surface area contributed by atoms with E-state index in [1.165, 1.54) is 11.3 Å². The summed E-state index contributed by atoms with van der Waals surface area (Å²) in [5.74, 6) is 0. The van der Waals surface area contributed by atoms with Crippen LogP contribution in [0.5, 0.6) is 0 Å². The molecule has 1 fully saturated rings. The van der Waals surface area contributed by atoms with Gasteiger partial charge in [0.15, 0.2) is 0 Å². The highest BCUT2D eigenvalue weighted by Crippen LogP contribution is 2.31. The van der Waals surface area contributed by atoms with E-state index in [1.54, 1.807) is 0 Å². The first-order valence-electron chi connectivity index (χ1n) is 7.17. The second-order valence-electron chi connectivity index (χ2n) is 7.05. The molecular formula is C16H25ClN2O. The summed E-state index contributed by atoms with van der Waals surface area (Å²) in [6.07, 6.45) is 0.807. The van der Waals surface area contributed by atoms with Crippen LogP contribution in [0.2, 0.25) is 5.02 Å². The molecule has 0 radical (unpaired) electrons. The van der Waals surface area contributed by atoms with Crippen LogP contribution >= 0.6 is 11.6 Å². The van der Waals surface area contributed by atoms with Crippen LogP contribution in [-0.2, 0) is 6.54 Å². The van der Waals surface area contributed by atoms with Crippen LogP contribution in [0.25, 0.3) is 0 Å². The van der Waals surface area contributed by atoms with Crippen molar-refractivity contribution in [2.24, 2.45) is 0 Å². The number of halogens is 1. The topological polar surface area (TPSA) is 35.5 Å². The predicted octanol–water partition coefficient (Wildman–Crippen LogP) is 3.19. The van der Waals surface area contributed by atoms with Crippen molar-refractivity contribution < 1.29 is 5.11 Å². The summed E-state index contributed by atoms with van der Waals surface area (Å²) in [5, 5.41) is 14.4. The summed E-state index contributed by atoms with van der Waals surface area (Å²) in [6.45, 7) is 10.7. The number of rotatable bonds is 3. The zero-order valence-corrected chi connectivity index (χ0v) is 13.6. The minimum Gasteiger partial charge on any atom is -0.388 e. The van der Waals surface area contributed by atoms with Gasteiger partial charge in [0.2, 0.25) is 0 Å². The SMILES string of the molecule is CC1(O)CCN(c2ccc(Cl)cc2CNC(C)(C)C)C1. The lowest BCUT2D eigenvalue weighted by Gasteiger charge is -2.26. The second kappa shape index (κ2) is 5.55. The molecule has 0 spiro atoms. The van der Waals surface area contributed by atoms with Gasteiger partial charge < -0.3 is 15.3 Å². The van der Waals surface area contributed by atoms with E-state index in [2.05, 4.69) is 37.1 Å². The second-order valence-corrected chi connectivity index (χ2v) is 7.48. The Bertz CT molecular complexity index is 480. The molecule has 1 heterocycles. The normalized spacial score (nSPS) is 23.4. The Morgan fingerprint density at radius 1 is 1.40 bits per heavy atom. The summed E-state index contributed by atoms with van der Waals surface area (Å²) in [5.41, 5.74) is 1.83. The summed E-state index contributed by atoms with van der Waals surface area (Å²) < 4.78 is 0. The van der Waals surface area contributed by atoms with Crippen molar-refractivity contribution in [1.29, 1.82) is 0 Å². The monoisotopic (exact) mass is 296 g/mol. The average Bonchev–Trinajstić information content (AvgIpc) is 2.66. The molecule has 1 saturated heterocycles. The van der Waals surface area contributed by atoms with E-state index in [0.717, 1.165) is 24.5 Å². The van der Waals surface area contributed by atoms with E-state index < -0.39 is 5.60 Å². The van der Waals surface area contributed by atoms with E-state index in [-0.39, 0.29) is 5.54 Å². The largest absolute Gasteiger partial charge is 0.388 e. The number of nitrogens with zero attached hydrogens (tertiary/aromatic N) is 1. The third-order valence-electron chi connectivity index (χ3n) is 3.64. The smallest absolute Gasteiger partial charge is 0.0810 e. The van der Waals surface area contributed by atoms with E-state index in [4.69, 9.17) is 11.6 Å². The lowest BCUT2D eigenvalue weighted by atomic mass is 10.1. The van der Waals surface area contributed by atoms with Crippen LogP contribution in [-0.4, -0.2) is 29.3 Å². The fourth-order valence-corrected chi connectivity index (χ4v) is 2.71. The fraction of sp³-hybridized carbons (Fsp3) is 0.625. The van der Waals surface area contributed by atoms with Crippen molar-refractivity contribution in [2.75, 3.05) is 18.0 Å². The first-order chi connectivity index (χ1) is 9.16. The summed E-state index contributed by atoms with van der Waals surface area (Å²) in [4.78, 5) is 2.25. The van der Waals surface area contributed by atoms with Gasteiger partial charge in [-0.05, 0) is 57.9 Å². The van der Waals surface area contributed by atoms with Crippen LogP contribution in [0.15, 0.2) is 18.2 Å². The Morgan fingerprint density at radius 2 is 2.10 bits per heavy atom. The molecule has 1 aliphatic heterocycles. The Hall–Kier alpha value is -0.770. The maximum Gasteiger partial charge on any atom is 0.0810 e. The first-order valence-corrected chi connectivity index (χ1v) is 7.55. The standard InChI is InChI=1S/C16H25ClN2O/c1-15(2,3)18-10-12-9-13(17)5-6-14(12)19-8-7-16(4,20)11-19/h5-6,9,18,20H,7-8,10-11H2,1-4H3. The Labute approximate surface area is 126 Å². The average molecular weight is 297 g/mol. The maximum absolute atomic E-state index is 10.1. The van der Waals surface area contributed by atoms with Gasteiger partial charge in [0.25, 0.3) is 0 Å². The molecule has 1 unspecified atom stereocenters. The van der Waals surface area contributed by atoms with E-state index >= 15 is 0 Å². The van der Waals surface area contributed by atoms with Crippen LogP contribution in [0.3, 0.4) is 0 Å². The van der Waals surface area contributed by atoms with Gasteiger partial charge in [0.1, 0.15) is 0 Å². The zero-order valence-electron chi connectivity index (χ0n) is 12.8. The number of anilines is 1. The van der Waals surface area contributed by atoms with Crippen molar-refractivity contribution in [2.45, 2.75) is 51.8 Å². The Kier molecular flexibility index (Phi) is 4.33. The van der Waals surface area contributed by atoms with Gasteiger partial charge in [0.05, 0.1) is 5.60 Å². The van der Waals surface area contributed by atoms with Gasteiger partial charge >= 0.3 is 0 Å². The molecule has 0 aliphatic carbocycles. The third-order valence-corrected chi connectivity index (χ3v) is 3.88. The highest BCUT2D eigenvalue weighted by atomic mass is 35.5. The number of β-amino-alcohol motifs (C(OH)–C–C–N with tert-alkyl or cyclic N) is 1. The van der Waals surface area contributed by atoms with Gasteiger partial charge in [-0.2, -0.15) is 0 Å². The van der Waals surface area contributed by atoms with Crippen LogP contribution in [0.4, 0.5) is 5.69 Å². The maximum atomic E-state index is 10.1. The van der Waals surface area contributed by atoms with E-state index in [1.807, 2.05) is 19.1 Å². The number of aliphatic hydroxyl groups is 1. The van der Waals surface area contributed by atoms with Crippen molar-refractivity contribution in [3.8, 4) is 0 Å². The molecule has 2 N–H and O–H groups in total. The quantitative estimate of drug-likeness (QED) is 0.899. The number of hydrogen-bond donors (Lipinski definition) is 2. The molecular weight excluding hydrogens is 272 g/mol. The summed E-state index contributed by atoms with van der Waals surface area (Å²) in [7, 11) is 0. The molecule has 2 rings (SSSR count). The summed E-state index contributed by atoms with van der Waals surface area (Å²) in [6, 6.07) is 6.00. The van der Waals surface area contributed by atoms with Crippen LogP contribution in [0.1, 0.15) is 39.7 Å². The van der Waals surface area contributed by atoms with Gasteiger partial charge in [-0.1, -0.05) is 11.6 Å². The van der Waals surface area contributed by atoms with Gasteiger partial charge in [-0.15, -0.1) is 0 Å². The lowest BCUT2D eigenvalue weighted by molar-refractivity contribution is 0.0839. The molecule has 0 saturated carbocycles. The van der Waals surface area contributed by atoms with Gasteiger partial charge in [0, 0.05) is 35.9 Å². The first kappa shape index (κ1) is 15.6. The molecule has 1 aromatic carbocycles. The van der Waals surface area contributed by atoms with E-state index in [9.17, 15) is 5.11 Å². The van der Waals surface area contributed by atoms with E-state index in [0.29, 0.717) is 6.54 Å². The Morgan fingerprint density at radius 3 is 2.65 bits per heavy atom. The minimum absolute atomic E-state index is 0.0656. The number of benzene rings is 1. The molecule has 1 aliphatic rings. The molecule has 112 valence electrons. The molecule has 0 bridgehead atoms. The fourth-order valence-electron chi connectivity index (χ4n) is 2.52. The molecule has 20 heavy (non-hydrogen) atoms. The minimum atomic E-state index is -0.589. The molecule has 3 nitrogen and oxygen atoms in total. The third kappa shape index (κ3) is 4.11. The molecule has 1 aromatic rings. The highest BCUT2D eigenvalue weighted by Gasteiger charge is 2.32. The number of hydrogen-bond acceptors (Lipinski definition) is 3. The van der Waals surface area contributed by atoms with Crippen molar-refractivity contribution >= 4 is 17.3 Å². The van der Waals surface area contributed by atoms with Crippen LogP contribution < -0.4 is 10.2 Å². The zero-order chi connectivity index (χ0) is 15.0. The summed E-state index contributed by atoms with van der Waals surface area (Å²) >= 11 is 6.13. The predicted molar refractivity (Wildman–Crippen MR) is 85.5 cm³/mol. The number of nitrogens with one attached hydrogen (secondary N) is 1. The van der Waals surface area contributed by atoms with Gasteiger partial charge in [-0.3, -0.25) is 0 Å². The van der Waals surface area contributed by atoms with Crippen molar-refractivity contribution in [3.05, 3.63) is 28.8 Å². The molecule has 4 heteroatoms. The highest BCUT2D eigenvalue weighted by molar-refractivity contribution is 6.30. The molecule has 0 amide bonds. The Balaban J connectivity index is 2.20. The van der Waals surface area contributed by atoms with Crippen molar-refractivity contribution in [1.82, 2.24) is 5.32 Å². The van der Waals surface area contributed by atoms with Crippen molar-refractivity contribution in [3.63, 3.8) is 0 Å². The molecule has 1 atom stereocenters. The van der Waals surface area contributed by atoms with Crippen LogP contribution in [0, 0.1) is 0 Å². The van der Waals surface area contributed by atoms with Gasteiger partial charge in [-0.25, -0.2) is 0 Å². The lowest BCUT2D eigenvalue weighted by Crippen LogP contribution is -2.36. The molecule has 0 aromatic heterocycles.